The number of rotatable bonds is 2. The van der Waals surface area contributed by atoms with E-state index in [4.69, 9.17) is 0 Å². The van der Waals surface area contributed by atoms with E-state index < -0.39 is 23.8 Å². The molecule has 32 heavy (non-hydrogen) atoms. The third-order valence-corrected chi connectivity index (χ3v) is 6.04. The van der Waals surface area contributed by atoms with Gasteiger partial charge in [-0.2, -0.15) is 18.4 Å². The molecule has 0 fully saturated rings. The molecule has 0 spiro atoms. The number of nitrogens with zero attached hydrogens (tertiary/aromatic N) is 2. The van der Waals surface area contributed by atoms with Gasteiger partial charge in [0.05, 0.1) is 28.9 Å². The molecule has 2 amide bonds. The summed E-state index contributed by atoms with van der Waals surface area (Å²) in [5.74, 6) is 0. The van der Waals surface area contributed by atoms with Crippen LogP contribution in [-0.4, -0.2) is 6.03 Å². The van der Waals surface area contributed by atoms with Crippen LogP contribution in [0, 0.1) is 18.3 Å². The van der Waals surface area contributed by atoms with Crippen LogP contribution in [0.5, 0.6) is 0 Å². The predicted octanol–water partition coefficient (Wildman–Crippen LogP) is 6.54. The van der Waals surface area contributed by atoms with Crippen LogP contribution in [0.4, 0.5) is 23.7 Å². The van der Waals surface area contributed by atoms with Crippen LogP contribution in [0.25, 0.3) is 0 Å². The first kappa shape index (κ1) is 21.7. The van der Waals surface area contributed by atoms with Gasteiger partial charge in [0, 0.05) is 11.3 Å². The quantitative estimate of drug-likeness (QED) is 0.580. The molecule has 0 bridgehead atoms. The van der Waals surface area contributed by atoms with E-state index in [1.165, 1.54) is 17.0 Å². The Morgan fingerprint density at radius 1 is 1.19 bits per heavy atom. The van der Waals surface area contributed by atoms with E-state index in [1.807, 2.05) is 26.0 Å². The van der Waals surface area contributed by atoms with Crippen molar-refractivity contribution < 1.29 is 18.0 Å². The third kappa shape index (κ3) is 3.77. The molecule has 1 atom stereocenters. The maximum absolute atomic E-state index is 13.3. The number of alkyl halides is 3. The van der Waals surface area contributed by atoms with Gasteiger partial charge < -0.3 is 5.32 Å². The highest BCUT2D eigenvalue weighted by molar-refractivity contribution is 5.98. The topological polar surface area (TPSA) is 56.1 Å². The number of aryl methyl sites for hydroxylation is 1. The van der Waals surface area contributed by atoms with Crippen molar-refractivity contribution in [2.24, 2.45) is 0 Å². The third-order valence-electron chi connectivity index (χ3n) is 6.04. The van der Waals surface area contributed by atoms with Gasteiger partial charge >= 0.3 is 12.2 Å². The fourth-order valence-corrected chi connectivity index (χ4v) is 4.56. The summed E-state index contributed by atoms with van der Waals surface area (Å²) in [7, 11) is 0. The Morgan fingerprint density at radius 2 is 1.97 bits per heavy atom. The van der Waals surface area contributed by atoms with Gasteiger partial charge in [-0.1, -0.05) is 18.2 Å². The van der Waals surface area contributed by atoms with Gasteiger partial charge in [-0.05, 0) is 80.1 Å². The Balaban J connectivity index is 1.89. The summed E-state index contributed by atoms with van der Waals surface area (Å²) < 4.78 is 39.9. The fourth-order valence-electron chi connectivity index (χ4n) is 4.56. The first-order valence-electron chi connectivity index (χ1n) is 10.4. The minimum Gasteiger partial charge on any atom is -0.326 e. The zero-order valence-corrected chi connectivity index (χ0v) is 17.8. The van der Waals surface area contributed by atoms with Crippen LogP contribution in [-0.2, 0) is 6.18 Å². The number of nitriles is 1. The van der Waals surface area contributed by atoms with Gasteiger partial charge in [-0.3, -0.25) is 4.90 Å². The molecule has 1 heterocycles. The van der Waals surface area contributed by atoms with Crippen molar-refractivity contribution in [2.45, 2.75) is 45.3 Å². The Morgan fingerprint density at radius 3 is 2.62 bits per heavy atom. The fraction of sp³-hybridized carbons (Fsp3) is 0.280. The summed E-state index contributed by atoms with van der Waals surface area (Å²) >= 11 is 0. The SMILES string of the molecule is CC=C1CCCC2=C1C(c1ccc(C#N)cc1C)NC(=O)N2c1cccc(C(F)(F)F)c1. The molecule has 1 N–H and O–H groups in total. The Bertz CT molecular complexity index is 1190. The van der Waals surface area contributed by atoms with Gasteiger partial charge in [0.2, 0.25) is 0 Å². The summed E-state index contributed by atoms with van der Waals surface area (Å²) in [5, 5.41) is 12.2. The Labute approximate surface area is 184 Å². The van der Waals surface area contributed by atoms with Crippen LogP contribution in [0.15, 0.2) is 65.4 Å². The lowest BCUT2D eigenvalue weighted by atomic mass is 9.80. The van der Waals surface area contributed by atoms with Crippen LogP contribution in [0.3, 0.4) is 0 Å². The van der Waals surface area contributed by atoms with E-state index in [-0.39, 0.29) is 5.69 Å². The monoisotopic (exact) mass is 437 g/mol. The second kappa shape index (κ2) is 8.19. The second-order valence-electron chi connectivity index (χ2n) is 7.98. The highest BCUT2D eigenvalue weighted by atomic mass is 19.4. The lowest BCUT2D eigenvalue weighted by Gasteiger charge is -2.41. The molecule has 164 valence electrons. The van der Waals surface area contributed by atoms with Gasteiger partial charge in [0.15, 0.2) is 0 Å². The molecular weight excluding hydrogens is 415 g/mol. The van der Waals surface area contributed by atoms with E-state index in [9.17, 15) is 23.2 Å². The van der Waals surface area contributed by atoms with Crippen LogP contribution in [0.2, 0.25) is 0 Å². The van der Waals surface area contributed by atoms with E-state index >= 15 is 0 Å². The summed E-state index contributed by atoms with van der Waals surface area (Å²) in [5.41, 5.74) is 4.38. The number of hydrogen-bond acceptors (Lipinski definition) is 2. The lowest BCUT2D eigenvalue weighted by molar-refractivity contribution is -0.137. The lowest BCUT2D eigenvalue weighted by Crippen LogP contribution is -2.48. The van der Waals surface area contributed by atoms with Crippen molar-refractivity contribution in [2.75, 3.05) is 4.90 Å². The van der Waals surface area contributed by atoms with E-state index in [2.05, 4.69) is 11.4 Å². The first-order chi connectivity index (χ1) is 15.2. The van der Waals surface area contributed by atoms with Crippen LogP contribution >= 0.6 is 0 Å². The Hall–Kier alpha value is -3.53. The van der Waals surface area contributed by atoms with Gasteiger partial charge in [0.1, 0.15) is 0 Å². The molecule has 0 saturated heterocycles. The van der Waals surface area contributed by atoms with Gasteiger partial charge in [0.25, 0.3) is 0 Å². The molecular formula is C25H22F3N3O. The second-order valence-corrected chi connectivity index (χ2v) is 7.98. The van der Waals surface area contributed by atoms with Gasteiger partial charge in [-0.25, -0.2) is 4.79 Å². The summed E-state index contributed by atoms with van der Waals surface area (Å²) in [6.07, 6.45) is -0.277. The molecule has 2 aromatic carbocycles. The van der Waals surface area contributed by atoms with Crippen molar-refractivity contribution in [1.82, 2.24) is 5.32 Å². The highest BCUT2D eigenvalue weighted by Gasteiger charge is 2.39. The van der Waals surface area contributed by atoms with Crippen LogP contribution in [0.1, 0.15) is 54.5 Å². The van der Waals surface area contributed by atoms with Crippen molar-refractivity contribution in [3.8, 4) is 6.07 Å². The summed E-state index contributed by atoms with van der Waals surface area (Å²) in [4.78, 5) is 14.6. The van der Waals surface area contributed by atoms with Crippen LogP contribution < -0.4 is 10.2 Å². The highest BCUT2D eigenvalue weighted by Crippen LogP contribution is 2.44. The number of carbonyl (C=O) groups excluding carboxylic acids is 1. The molecule has 7 heteroatoms. The Kier molecular flexibility index (Phi) is 5.55. The zero-order chi connectivity index (χ0) is 23.0. The molecule has 2 aliphatic rings. The number of halogens is 3. The average molecular weight is 437 g/mol. The largest absolute Gasteiger partial charge is 0.416 e. The molecule has 1 aliphatic heterocycles. The summed E-state index contributed by atoms with van der Waals surface area (Å²) in [6.45, 7) is 3.82. The van der Waals surface area contributed by atoms with E-state index in [1.54, 1.807) is 12.1 Å². The smallest absolute Gasteiger partial charge is 0.326 e. The number of urea groups is 1. The average Bonchev–Trinajstić information content (AvgIpc) is 2.77. The minimum atomic E-state index is -4.50. The molecule has 1 aliphatic carbocycles. The van der Waals surface area contributed by atoms with Gasteiger partial charge in [-0.15, -0.1) is 0 Å². The standard InChI is InChI=1S/C25H22F3N3O/c1-3-17-6-4-9-21-22(17)23(20-11-10-16(14-29)12-15(20)2)30-24(32)31(21)19-8-5-7-18(13-19)25(26,27)28/h3,5,7-8,10-13,23H,4,6,9H2,1-2H3,(H,30,32). The number of nitrogens with one attached hydrogen (secondary N) is 1. The molecule has 2 aromatic rings. The predicted molar refractivity (Wildman–Crippen MR) is 116 cm³/mol. The van der Waals surface area contributed by atoms with Crippen molar-refractivity contribution in [1.29, 1.82) is 5.26 Å². The number of hydrogen-bond donors (Lipinski definition) is 1. The van der Waals surface area contributed by atoms with E-state index in [0.29, 0.717) is 12.0 Å². The molecule has 1 unspecified atom stereocenters. The van der Waals surface area contributed by atoms with Crippen molar-refractivity contribution >= 4 is 11.7 Å². The normalized spacial score (nSPS) is 20.1. The number of benzene rings is 2. The van der Waals surface area contributed by atoms with E-state index in [0.717, 1.165) is 52.9 Å². The number of allylic oxidation sites excluding steroid dienone is 2. The molecule has 0 radical (unpaired) electrons. The zero-order valence-electron chi connectivity index (χ0n) is 17.8. The number of amides is 2. The summed E-state index contributed by atoms with van der Waals surface area (Å²) in [6, 6.07) is 11.4. The minimum absolute atomic E-state index is 0.192. The molecule has 4 rings (SSSR count). The number of anilines is 1. The first-order valence-corrected chi connectivity index (χ1v) is 10.4. The van der Waals surface area contributed by atoms with Crippen molar-refractivity contribution in [3.05, 3.63) is 87.6 Å². The maximum atomic E-state index is 13.3. The molecule has 0 saturated carbocycles. The molecule has 4 nitrogen and oxygen atoms in total. The molecule has 0 aromatic heterocycles. The number of carbonyl (C=O) groups is 1. The maximum Gasteiger partial charge on any atom is 0.416 e. The van der Waals surface area contributed by atoms with Crippen molar-refractivity contribution in [3.63, 3.8) is 0 Å².